The van der Waals surface area contributed by atoms with Crippen LogP contribution in [-0.4, -0.2) is 23.5 Å². The van der Waals surface area contributed by atoms with Crippen LogP contribution in [-0.2, 0) is 4.79 Å². The summed E-state index contributed by atoms with van der Waals surface area (Å²) in [7, 11) is 3.90. The predicted molar refractivity (Wildman–Crippen MR) is 96.6 cm³/mol. The van der Waals surface area contributed by atoms with Gasteiger partial charge in [0.15, 0.2) is 0 Å². The van der Waals surface area contributed by atoms with Crippen LogP contribution in [0.5, 0.6) is 5.75 Å². The SMILES string of the molecule is CC(NC(=O)CCCCC1CCSS1)c1cccc(OC(F)F)c1. The maximum atomic E-state index is 12.3. The molecule has 134 valence electrons. The number of halogens is 2. The topological polar surface area (TPSA) is 38.3 Å². The second-order valence-corrected chi connectivity index (χ2v) is 8.60. The Morgan fingerprint density at radius 1 is 1.42 bits per heavy atom. The highest BCUT2D eigenvalue weighted by Gasteiger charge is 2.16. The molecule has 0 bridgehead atoms. The number of hydrogen-bond donors (Lipinski definition) is 1. The third kappa shape index (κ3) is 6.89. The first-order chi connectivity index (χ1) is 11.5. The highest BCUT2D eigenvalue weighted by Crippen LogP contribution is 2.39. The molecule has 1 aliphatic heterocycles. The lowest BCUT2D eigenvalue weighted by Gasteiger charge is -2.15. The molecular formula is C17H23F2NO2S2. The zero-order chi connectivity index (χ0) is 17.4. The second-order valence-electron chi connectivity index (χ2n) is 5.81. The Morgan fingerprint density at radius 2 is 2.25 bits per heavy atom. The van der Waals surface area contributed by atoms with Crippen LogP contribution in [0.4, 0.5) is 8.78 Å². The standard InChI is InChI=1S/C17H23F2NO2S2/c1-12(13-5-4-6-14(11-13)22-17(18)19)20-16(21)8-3-2-7-15-9-10-23-24-15/h4-6,11-12,15,17H,2-3,7-10H2,1H3,(H,20,21). The van der Waals surface area contributed by atoms with Gasteiger partial charge in [0.2, 0.25) is 5.91 Å². The predicted octanol–water partition coefficient (Wildman–Crippen LogP) is 5.18. The average molecular weight is 376 g/mol. The van der Waals surface area contributed by atoms with Crippen LogP contribution >= 0.6 is 21.6 Å². The van der Waals surface area contributed by atoms with E-state index in [0.29, 0.717) is 6.42 Å². The Bertz CT molecular complexity index is 525. The van der Waals surface area contributed by atoms with Gasteiger partial charge in [0.1, 0.15) is 5.75 Å². The Hall–Kier alpha value is -0.950. The van der Waals surface area contributed by atoms with E-state index in [2.05, 4.69) is 10.1 Å². The van der Waals surface area contributed by atoms with Gasteiger partial charge in [-0.05, 0) is 43.9 Å². The average Bonchev–Trinajstić information content (AvgIpc) is 3.04. The minimum Gasteiger partial charge on any atom is -0.435 e. The van der Waals surface area contributed by atoms with E-state index in [0.717, 1.165) is 23.7 Å². The van der Waals surface area contributed by atoms with Crippen molar-refractivity contribution in [2.75, 3.05) is 5.75 Å². The van der Waals surface area contributed by atoms with Gasteiger partial charge in [-0.1, -0.05) is 40.1 Å². The number of amides is 1. The molecule has 1 aromatic carbocycles. The van der Waals surface area contributed by atoms with Gasteiger partial charge in [0.25, 0.3) is 0 Å². The summed E-state index contributed by atoms with van der Waals surface area (Å²) in [6.45, 7) is -1.01. The molecule has 1 heterocycles. The van der Waals surface area contributed by atoms with E-state index in [1.807, 2.05) is 28.5 Å². The fraction of sp³-hybridized carbons (Fsp3) is 0.588. The molecule has 0 aromatic heterocycles. The van der Waals surface area contributed by atoms with Crippen LogP contribution in [0.1, 0.15) is 50.6 Å². The van der Waals surface area contributed by atoms with Crippen molar-refractivity contribution in [3.05, 3.63) is 29.8 Å². The Kier molecular flexibility index (Phi) is 8.18. The Labute approximate surface area is 149 Å². The second kappa shape index (κ2) is 10.1. The molecule has 7 heteroatoms. The van der Waals surface area contributed by atoms with Crippen LogP contribution in [0, 0.1) is 0 Å². The smallest absolute Gasteiger partial charge is 0.387 e. The van der Waals surface area contributed by atoms with Gasteiger partial charge < -0.3 is 10.1 Å². The van der Waals surface area contributed by atoms with Gasteiger partial charge in [0, 0.05) is 17.4 Å². The van der Waals surface area contributed by atoms with Crippen molar-refractivity contribution in [1.29, 1.82) is 0 Å². The van der Waals surface area contributed by atoms with Crippen molar-refractivity contribution < 1.29 is 18.3 Å². The lowest BCUT2D eigenvalue weighted by molar-refractivity contribution is -0.121. The Morgan fingerprint density at radius 3 is 2.96 bits per heavy atom. The normalized spacial score (nSPS) is 18.6. The maximum absolute atomic E-state index is 12.3. The van der Waals surface area contributed by atoms with E-state index >= 15 is 0 Å². The quantitative estimate of drug-likeness (QED) is 0.477. The van der Waals surface area contributed by atoms with Gasteiger partial charge in [-0.25, -0.2) is 0 Å². The number of rotatable bonds is 9. The van der Waals surface area contributed by atoms with Gasteiger partial charge in [-0.15, -0.1) is 0 Å². The van der Waals surface area contributed by atoms with Crippen LogP contribution < -0.4 is 10.1 Å². The number of ether oxygens (including phenoxy) is 1. The van der Waals surface area contributed by atoms with Gasteiger partial charge in [-0.2, -0.15) is 8.78 Å². The van der Waals surface area contributed by atoms with Crippen molar-refractivity contribution in [2.24, 2.45) is 0 Å². The van der Waals surface area contributed by atoms with Crippen molar-refractivity contribution in [3.63, 3.8) is 0 Å². The first-order valence-electron chi connectivity index (χ1n) is 8.17. The van der Waals surface area contributed by atoms with Gasteiger partial charge in [-0.3, -0.25) is 4.79 Å². The minimum atomic E-state index is -2.85. The minimum absolute atomic E-state index is 0.00358. The number of carbonyl (C=O) groups excluding carboxylic acids is 1. The molecule has 1 N–H and O–H groups in total. The zero-order valence-corrected chi connectivity index (χ0v) is 15.3. The van der Waals surface area contributed by atoms with Gasteiger partial charge in [0.05, 0.1) is 6.04 Å². The lowest BCUT2D eigenvalue weighted by Crippen LogP contribution is -2.26. The number of carbonyl (C=O) groups is 1. The van der Waals surface area contributed by atoms with Crippen molar-refractivity contribution in [3.8, 4) is 5.75 Å². The molecule has 0 saturated carbocycles. The van der Waals surface area contributed by atoms with Crippen LogP contribution in [0.25, 0.3) is 0 Å². The molecule has 0 spiro atoms. The number of unbranched alkanes of at least 4 members (excludes halogenated alkanes) is 1. The molecule has 1 amide bonds. The highest BCUT2D eigenvalue weighted by atomic mass is 33.1. The summed E-state index contributed by atoms with van der Waals surface area (Å²) in [6.07, 6.45) is 4.90. The number of benzene rings is 1. The molecule has 2 unspecified atom stereocenters. The number of alkyl halides is 2. The molecule has 3 nitrogen and oxygen atoms in total. The molecule has 0 radical (unpaired) electrons. The van der Waals surface area contributed by atoms with Crippen molar-refractivity contribution >= 4 is 27.5 Å². The summed E-state index contributed by atoms with van der Waals surface area (Å²) in [6, 6.07) is 6.21. The van der Waals surface area contributed by atoms with Crippen LogP contribution in [0.2, 0.25) is 0 Å². The summed E-state index contributed by atoms with van der Waals surface area (Å²) in [5.41, 5.74) is 0.751. The first-order valence-corrected chi connectivity index (χ1v) is 10.5. The van der Waals surface area contributed by atoms with Crippen LogP contribution in [0.3, 0.4) is 0 Å². The third-order valence-electron chi connectivity index (χ3n) is 3.87. The molecule has 24 heavy (non-hydrogen) atoms. The summed E-state index contributed by atoms with van der Waals surface area (Å²) in [5.74, 6) is 1.34. The highest BCUT2D eigenvalue weighted by molar-refractivity contribution is 8.77. The van der Waals surface area contributed by atoms with Crippen LogP contribution in [0.15, 0.2) is 24.3 Å². The first kappa shape index (κ1) is 19.4. The summed E-state index contributed by atoms with van der Waals surface area (Å²) in [5, 5.41) is 3.66. The molecule has 1 aliphatic rings. The van der Waals surface area contributed by atoms with Crippen molar-refractivity contribution in [2.45, 2.75) is 56.9 Å². The molecule has 2 atom stereocenters. The molecule has 2 rings (SSSR count). The Balaban J connectivity index is 1.70. The van der Waals surface area contributed by atoms with E-state index in [1.165, 1.54) is 30.7 Å². The molecule has 1 aromatic rings. The summed E-state index contributed by atoms with van der Waals surface area (Å²) >= 11 is 0. The van der Waals surface area contributed by atoms with E-state index < -0.39 is 6.61 Å². The number of nitrogens with one attached hydrogen (secondary N) is 1. The maximum Gasteiger partial charge on any atom is 0.387 e. The van der Waals surface area contributed by atoms with Crippen molar-refractivity contribution in [1.82, 2.24) is 5.32 Å². The zero-order valence-electron chi connectivity index (χ0n) is 13.7. The molecule has 1 saturated heterocycles. The van der Waals surface area contributed by atoms with E-state index in [-0.39, 0.29) is 17.7 Å². The fourth-order valence-electron chi connectivity index (χ4n) is 2.58. The largest absolute Gasteiger partial charge is 0.435 e. The third-order valence-corrected chi connectivity index (χ3v) is 6.87. The van der Waals surface area contributed by atoms with Gasteiger partial charge >= 0.3 is 6.61 Å². The monoisotopic (exact) mass is 375 g/mol. The van der Waals surface area contributed by atoms with E-state index in [9.17, 15) is 13.6 Å². The molecule has 0 aliphatic carbocycles. The molecular weight excluding hydrogens is 352 g/mol. The lowest BCUT2D eigenvalue weighted by atomic mass is 10.1. The molecule has 1 fully saturated rings. The summed E-state index contributed by atoms with van der Waals surface area (Å²) < 4.78 is 28.9. The fourth-order valence-corrected chi connectivity index (χ4v) is 5.61. The summed E-state index contributed by atoms with van der Waals surface area (Å²) in [4.78, 5) is 12.0. The number of hydrogen-bond acceptors (Lipinski definition) is 4. The van der Waals surface area contributed by atoms with E-state index in [4.69, 9.17) is 0 Å². The van der Waals surface area contributed by atoms with E-state index in [1.54, 1.807) is 12.1 Å².